The number of nitrogens with two attached hydrogens (primary N) is 2. The number of nitrogens with one attached hydrogen (secondary N) is 1. The number of aromatic amines is 1. The Hall–Kier alpha value is -1.29. The van der Waals surface area contributed by atoms with Gasteiger partial charge in [0.05, 0.1) is 0 Å². The van der Waals surface area contributed by atoms with Gasteiger partial charge in [-0.1, -0.05) is 0 Å². The van der Waals surface area contributed by atoms with Gasteiger partial charge in [-0.3, -0.25) is 4.79 Å². The van der Waals surface area contributed by atoms with Crippen molar-refractivity contribution >= 4 is 5.82 Å². The maximum absolute atomic E-state index is 10.8. The number of anilines is 1. The zero-order valence-electron chi connectivity index (χ0n) is 6.13. The monoisotopic (exact) mass is 153 g/mol. The molecular weight excluding hydrogens is 142 g/mol. The molecule has 0 aromatic carbocycles. The molecule has 1 aromatic heterocycles. The van der Waals surface area contributed by atoms with E-state index in [4.69, 9.17) is 11.5 Å². The Labute approximate surface area is 64.2 Å². The maximum Gasteiger partial charge on any atom is 0.183 e. The summed E-state index contributed by atoms with van der Waals surface area (Å²) in [4.78, 5) is 13.7. The SMILES string of the molecule is NCCc1cc(=O)cc(N)[nH]1. The van der Waals surface area contributed by atoms with Crippen LogP contribution < -0.4 is 16.9 Å². The summed E-state index contributed by atoms with van der Waals surface area (Å²) >= 11 is 0. The van der Waals surface area contributed by atoms with E-state index in [0.717, 1.165) is 5.69 Å². The van der Waals surface area contributed by atoms with E-state index in [1.165, 1.54) is 12.1 Å². The molecule has 1 rings (SSSR count). The summed E-state index contributed by atoms with van der Waals surface area (Å²) in [5.74, 6) is 0.390. The van der Waals surface area contributed by atoms with E-state index >= 15 is 0 Å². The van der Waals surface area contributed by atoms with Crippen LogP contribution in [0.3, 0.4) is 0 Å². The number of rotatable bonds is 2. The molecule has 0 aliphatic carbocycles. The highest BCUT2D eigenvalue weighted by molar-refractivity contribution is 5.28. The van der Waals surface area contributed by atoms with Gasteiger partial charge in [0, 0.05) is 17.8 Å². The van der Waals surface area contributed by atoms with Crippen molar-refractivity contribution in [1.82, 2.24) is 4.98 Å². The first-order valence-electron chi connectivity index (χ1n) is 3.41. The lowest BCUT2D eigenvalue weighted by Crippen LogP contribution is -2.10. The molecule has 0 fully saturated rings. The fourth-order valence-electron chi connectivity index (χ4n) is 0.914. The molecule has 0 radical (unpaired) electrons. The fourth-order valence-corrected chi connectivity index (χ4v) is 0.914. The Morgan fingerprint density at radius 1 is 1.45 bits per heavy atom. The first-order chi connectivity index (χ1) is 5.22. The lowest BCUT2D eigenvalue weighted by Gasteiger charge is -1.99. The van der Waals surface area contributed by atoms with Crippen molar-refractivity contribution in [1.29, 1.82) is 0 Å². The molecule has 0 amide bonds. The minimum absolute atomic E-state index is 0.0790. The summed E-state index contributed by atoms with van der Waals surface area (Å²) in [6, 6.07) is 2.85. The average Bonchev–Trinajstić information content (AvgIpc) is 1.85. The van der Waals surface area contributed by atoms with Gasteiger partial charge in [-0.25, -0.2) is 0 Å². The van der Waals surface area contributed by atoms with Crippen LogP contribution in [0.1, 0.15) is 5.69 Å². The highest BCUT2D eigenvalue weighted by Crippen LogP contribution is 1.95. The highest BCUT2D eigenvalue weighted by Gasteiger charge is 1.93. The summed E-state index contributed by atoms with van der Waals surface area (Å²) in [6.07, 6.45) is 0.653. The lowest BCUT2D eigenvalue weighted by molar-refractivity contribution is 0.923. The molecule has 1 aromatic rings. The van der Waals surface area contributed by atoms with Gasteiger partial charge >= 0.3 is 0 Å². The summed E-state index contributed by atoms with van der Waals surface area (Å²) in [5.41, 5.74) is 11.4. The third-order valence-electron chi connectivity index (χ3n) is 1.33. The normalized spacial score (nSPS) is 9.91. The van der Waals surface area contributed by atoms with Gasteiger partial charge < -0.3 is 16.5 Å². The van der Waals surface area contributed by atoms with E-state index in [1.807, 2.05) is 0 Å². The predicted octanol–water partition coefficient (Wildman–Crippen LogP) is -0.542. The smallest absolute Gasteiger partial charge is 0.183 e. The molecule has 0 unspecified atom stereocenters. The second kappa shape index (κ2) is 3.21. The van der Waals surface area contributed by atoms with E-state index in [9.17, 15) is 4.79 Å². The van der Waals surface area contributed by atoms with Gasteiger partial charge in [-0.15, -0.1) is 0 Å². The van der Waals surface area contributed by atoms with Gasteiger partial charge in [-0.05, 0) is 13.0 Å². The van der Waals surface area contributed by atoms with Gasteiger partial charge in [0.25, 0.3) is 0 Å². The van der Waals surface area contributed by atoms with Crippen molar-refractivity contribution in [3.8, 4) is 0 Å². The number of aromatic nitrogens is 1. The minimum Gasteiger partial charge on any atom is -0.385 e. The summed E-state index contributed by atoms with van der Waals surface area (Å²) in [6.45, 7) is 0.513. The van der Waals surface area contributed by atoms with Gasteiger partial charge in [-0.2, -0.15) is 0 Å². The van der Waals surface area contributed by atoms with E-state index in [-0.39, 0.29) is 5.43 Å². The van der Waals surface area contributed by atoms with Crippen LogP contribution in [0.4, 0.5) is 5.82 Å². The van der Waals surface area contributed by atoms with Gasteiger partial charge in [0.15, 0.2) is 5.43 Å². The van der Waals surface area contributed by atoms with Crippen molar-refractivity contribution in [2.75, 3.05) is 12.3 Å². The molecule has 0 atom stereocenters. The van der Waals surface area contributed by atoms with Gasteiger partial charge in [0.2, 0.25) is 0 Å². The molecule has 1 heterocycles. The number of nitrogen functional groups attached to an aromatic ring is 1. The molecule has 0 aliphatic rings. The number of hydrogen-bond donors (Lipinski definition) is 3. The third-order valence-corrected chi connectivity index (χ3v) is 1.33. The second-order valence-corrected chi connectivity index (χ2v) is 2.34. The molecule has 4 nitrogen and oxygen atoms in total. The Kier molecular flexibility index (Phi) is 2.28. The zero-order valence-corrected chi connectivity index (χ0v) is 6.13. The first kappa shape index (κ1) is 7.81. The number of pyridine rings is 1. The molecular formula is C7H11N3O. The van der Waals surface area contributed by atoms with Crippen LogP contribution in [0.25, 0.3) is 0 Å². The Balaban J connectivity index is 2.99. The predicted molar refractivity (Wildman–Crippen MR) is 44.2 cm³/mol. The average molecular weight is 153 g/mol. The van der Waals surface area contributed by atoms with Crippen LogP contribution in [0, 0.1) is 0 Å². The topological polar surface area (TPSA) is 84.9 Å². The van der Waals surface area contributed by atoms with Crippen molar-refractivity contribution in [3.05, 3.63) is 28.0 Å². The van der Waals surface area contributed by atoms with Crippen molar-refractivity contribution in [3.63, 3.8) is 0 Å². The Bertz CT molecular complexity index is 292. The van der Waals surface area contributed by atoms with Crippen LogP contribution in [-0.4, -0.2) is 11.5 Å². The van der Waals surface area contributed by atoms with Crippen LogP contribution in [0.5, 0.6) is 0 Å². The molecule has 4 heteroatoms. The molecule has 60 valence electrons. The number of H-pyrrole nitrogens is 1. The highest BCUT2D eigenvalue weighted by atomic mass is 16.1. The van der Waals surface area contributed by atoms with E-state index < -0.39 is 0 Å². The number of hydrogen-bond acceptors (Lipinski definition) is 3. The van der Waals surface area contributed by atoms with Crippen LogP contribution >= 0.6 is 0 Å². The lowest BCUT2D eigenvalue weighted by atomic mass is 10.2. The fraction of sp³-hybridized carbons (Fsp3) is 0.286. The standard InChI is InChI=1S/C7H11N3O/c8-2-1-5-3-6(11)4-7(9)10-5/h3-4H,1-2,8H2,(H3,9,10,11). The van der Waals surface area contributed by atoms with E-state index in [1.54, 1.807) is 0 Å². The third kappa shape index (κ3) is 2.09. The van der Waals surface area contributed by atoms with Crippen LogP contribution in [0.15, 0.2) is 16.9 Å². The molecule has 0 aliphatic heterocycles. The van der Waals surface area contributed by atoms with Crippen LogP contribution in [0.2, 0.25) is 0 Å². The Morgan fingerprint density at radius 2 is 2.18 bits per heavy atom. The molecule has 0 saturated heterocycles. The largest absolute Gasteiger partial charge is 0.385 e. The Morgan fingerprint density at radius 3 is 2.73 bits per heavy atom. The van der Waals surface area contributed by atoms with Crippen molar-refractivity contribution < 1.29 is 0 Å². The van der Waals surface area contributed by atoms with Crippen molar-refractivity contribution in [2.24, 2.45) is 5.73 Å². The zero-order chi connectivity index (χ0) is 8.27. The first-order valence-corrected chi connectivity index (χ1v) is 3.41. The maximum atomic E-state index is 10.8. The quantitative estimate of drug-likeness (QED) is 0.533. The van der Waals surface area contributed by atoms with Gasteiger partial charge in [0.1, 0.15) is 5.82 Å². The van der Waals surface area contributed by atoms with Crippen molar-refractivity contribution in [2.45, 2.75) is 6.42 Å². The second-order valence-electron chi connectivity index (χ2n) is 2.34. The minimum atomic E-state index is -0.0790. The van der Waals surface area contributed by atoms with Crippen LogP contribution in [-0.2, 0) is 6.42 Å². The molecule has 0 spiro atoms. The van der Waals surface area contributed by atoms with E-state index in [0.29, 0.717) is 18.8 Å². The molecule has 0 saturated carbocycles. The summed E-state index contributed by atoms with van der Waals surface area (Å²) in [7, 11) is 0. The summed E-state index contributed by atoms with van der Waals surface area (Å²) in [5, 5.41) is 0. The molecule has 11 heavy (non-hydrogen) atoms. The summed E-state index contributed by atoms with van der Waals surface area (Å²) < 4.78 is 0. The molecule has 0 bridgehead atoms. The van der Waals surface area contributed by atoms with E-state index in [2.05, 4.69) is 4.98 Å². The molecule has 5 N–H and O–H groups in total.